The molecule has 130 valence electrons. The molecular weight excluding hydrogens is 308 g/mol. The van der Waals surface area contributed by atoms with Gasteiger partial charge in [-0.15, -0.1) is 0 Å². The van der Waals surface area contributed by atoms with Gasteiger partial charge >= 0.3 is 5.76 Å². The molecule has 1 N–H and O–H groups in total. The lowest BCUT2D eigenvalue weighted by molar-refractivity contribution is -0.0871. The predicted octanol–water partition coefficient (Wildman–Crippen LogP) is 1.60. The highest BCUT2D eigenvalue weighted by Gasteiger charge is 2.50. The van der Waals surface area contributed by atoms with Gasteiger partial charge in [0, 0.05) is 32.8 Å². The molecule has 6 heteroatoms. The van der Waals surface area contributed by atoms with Gasteiger partial charge in [0.1, 0.15) is 0 Å². The number of aromatic nitrogens is 1. The number of fused-ring (bicyclic) bond motifs is 2. The molecule has 0 radical (unpaired) electrons. The van der Waals surface area contributed by atoms with Gasteiger partial charge in [0.2, 0.25) is 0 Å². The largest absolute Gasteiger partial charge is 0.419 e. The number of rotatable bonds is 4. The highest BCUT2D eigenvalue weighted by atomic mass is 16.5. The summed E-state index contributed by atoms with van der Waals surface area (Å²) in [6.07, 6.45) is 3.19. The number of benzene rings is 1. The van der Waals surface area contributed by atoms with Gasteiger partial charge in [0.05, 0.1) is 17.2 Å². The van der Waals surface area contributed by atoms with Crippen molar-refractivity contribution in [2.45, 2.75) is 50.0 Å². The van der Waals surface area contributed by atoms with Crippen LogP contribution in [0.5, 0.6) is 0 Å². The van der Waals surface area contributed by atoms with Gasteiger partial charge in [-0.25, -0.2) is 4.79 Å². The Balaban J connectivity index is 1.53. The Hall–Kier alpha value is -1.63. The van der Waals surface area contributed by atoms with Crippen molar-refractivity contribution >= 4 is 11.1 Å². The molecule has 1 aromatic carbocycles. The molecule has 1 aliphatic carbocycles. The summed E-state index contributed by atoms with van der Waals surface area (Å²) in [5.74, 6) is -0.308. The number of aliphatic hydroxyl groups is 1. The SMILES string of the molecule is CO[C@@]12CC[C@@H](O)C[C@@H]1N(CCn1c(=O)oc3ccccc31)CC2. The molecule has 0 bridgehead atoms. The Morgan fingerprint density at radius 1 is 1.33 bits per heavy atom. The number of nitrogens with zero attached hydrogens (tertiary/aromatic N) is 2. The van der Waals surface area contributed by atoms with Crippen LogP contribution in [0.4, 0.5) is 0 Å². The molecule has 1 saturated heterocycles. The summed E-state index contributed by atoms with van der Waals surface area (Å²) in [5.41, 5.74) is 1.33. The zero-order valence-electron chi connectivity index (χ0n) is 14.0. The second-order valence-corrected chi connectivity index (χ2v) is 6.99. The van der Waals surface area contributed by atoms with Crippen LogP contribution in [0.15, 0.2) is 33.5 Å². The number of oxazole rings is 1. The lowest BCUT2D eigenvalue weighted by atomic mass is 9.79. The van der Waals surface area contributed by atoms with E-state index in [-0.39, 0.29) is 23.5 Å². The molecule has 0 unspecified atom stereocenters. The molecular formula is C18H24N2O4. The summed E-state index contributed by atoms with van der Waals surface area (Å²) in [7, 11) is 1.78. The Kier molecular flexibility index (Phi) is 3.98. The molecule has 4 rings (SSSR count). The van der Waals surface area contributed by atoms with Crippen LogP contribution in [0.25, 0.3) is 11.1 Å². The van der Waals surface area contributed by atoms with Crippen molar-refractivity contribution in [2.75, 3.05) is 20.2 Å². The second-order valence-electron chi connectivity index (χ2n) is 6.99. The number of hydrogen-bond acceptors (Lipinski definition) is 5. The smallest absolute Gasteiger partial charge is 0.408 e. The molecule has 3 atom stereocenters. The average molecular weight is 332 g/mol. The summed E-state index contributed by atoms with van der Waals surface area (Å²) in [6.45, 7) is 2.28. The summed E-state index contributed by atoms with van der Waals surface area (Å²) in [5, 5.41) is 10.1. The zero-order chi connectivity index (χ0) is 16.7. The summed E-state index contributed by atoms with van der Waals surface area (Å²) < 4.78 is 12.9. The molecule has 1 saturated carbocycles. The minimum absolute atomic E-state index is 0.136. The molecule has 6 nitrogen and oxygen atoms in total. The van der Waals surface area contributed by atoms with Crippen molar-refractivity contribution in [1.82, 2.24) is 9.47 Å². The third kappa shape index (κ3) is 2.49. The van der Waals surface area contributed by atoms with Gasteiger partial charge in [0.15, 0.2) is 5.58 Å². The van der Waals surface area contributed by atoms with Crippen molar-refractivity contribution < 1.29 is 14.3 Å². The van der Waals surface area contributed by atoms with Crippen LogP contribution in [-0.4, -0.2) is 52.5 Å². The van der Waals surface area contributed by atoms with E-state index in [0.29, 0.717) is 12.1 Å². The summed E-state index contributed by atoms with van der Waals surface area (Å²) in [4.78, 5) is 14.5. The van der Waals surface area contributed by atoms with E-state index in [1.165, 1.54) is 0 Å². The Bertz CT molecular complexity index is 783. The highest BCUT2D eigenvalue weighted by Crippen LogP contribution is 2.42. The van der Waals surface area contributed by atoms with Crippen molar-refractivity contribution in [1.29, 1.82) is 0 Å². The minimum Gasteiger partial charge on any atom is -0.408 e. The van der Waals surface area contributed by atoms with E-state index in [4.69, 9.17) is 9.15 Å². The molecule has 2 fully saturated rings. The zero-order valence-corrected chi connectivity index (χ0v) is 14.0. The first-order valence-electron chi connectivity index (χ1n) is 8.68. The van der Waals surface area contributed by atoms with Crippen LogP contribution in [-0.2, 0) is 11.3 Å². The number of para-hydroxylation sites is 2. The summed E-state index contributed by atoms with van der Waals surface area (Å²) >= 11 is 0. The van der Waals surface area contributed by atoms with Crippen LogP contribution >= 0.6 is 0 Å². The molecule has 24 heavy (non-hydrogen) atoms. The number of ether oxygens (including phenoxy) is 1. The van der Waals surface area contributed by atoms with Gasteiger partial charge in [-0.05, 0) is 37.8 Å². The fourth-order valence-electron chi connectivity index (χ4n) is 4.49. The van der Waals surface area contributed by atoms with Gasteiger partial charge in [-0.2, -0.15) is 0 Å². The van der Waals surface area contributed by atoms with Crippen LogP contribution in [0.2, 0.25) is 0 Å². The monoisotopic (exact) mass is 332 g/mol. The van der Waals surface area contributed by atoms with Crippen molar-refractivity contribution in [3.05, 3.63) is 34.8 Å². The fraction of sp³-hybridized carbons (Fsp3) is 0.611. The van der Waals surface area contributed by atoms with Gasteiger partial charge < -0.3 is 14.3 Å². The van der Waals surface area contributed by atoms with Gasteiger partial charge in [-0.1, -0.05) is 12.1 Å². The molecule has 1 aliphatic heterocycles. The third-order valence-electron chi connectivity index (χ3n) is 5.86. The molecule has 2 aliphatic rings. The first-order valence-corrected chi connectivity index (χ1v) is 8.68. The van der Waals surface area contributed by atoms with Crippen molar-refractivity contribution in [3.63, 3.8) is 0 Å². The first kappa shape index (κ1) is 15.9. The van der Waals surface area contributed by atoms with Gasteiger partial charge in [0.25, 0.3) is 0 Å². The quantitative estimate of drug-likeness (QED) is 0.921. The molecule has 2 aromatic rings. The standard InChI is InChI=1S/C18H24N2O4/c1-23-18-7-6-13(21)12-16(18)19(9-8-18)10-11-20-14-4-2-3-5-15(14)24-17(20)22/h2-5,13,16,21H,6-12H2,1H3/t13-,16+,18-/m1/s1. The maximum atomic E-state index is 12.1. The van der Waals surface area contributed by atoms with Crippen molar-refractivity contribution in [2.24, 2.45) is 0 Å². The number of aliphatic hydroxyl groups excluding tert-OH is 1. The molecule has 0 amide bonds. The van der Waals surface area contributed by atoms with Crippen LogP contribution < -0.4 is 5.76 Å². The molecule has 0 spiro atoms. The highest BCUT2D eigenvalue weighted by molar-refractivity contribution is 5.72. The Morgan fingerprint density at radius 3 is 3.00 bits per heavy atom. The molecule has 1 aromatic heterocycles. The van der Waals surface area contributed by atoms with E-state index in [1.54, 1.807) is 11.7 Å². The van der Waals surface area contributed by atoms with Crippen LogP contribution in [0, 0.1) is 0 Å². The van der Waals surface area contributed by atoms with E-state index in [0.717, 1.165) is 44.3 Å². The number of likely N-dealkylation sites (tertiary alicyclic amines) is 1. The van der Waals surface area contributed by atoms with E-state index in [1.807, 2.05) is 24.3 Å². The van der Waals surface area contributed by atoms with E-state index >= 15 is 0 Å². The van der Waals surface area contributed by atoms with Gasteiger partial charge in [-0.3, -0.25) is 9.47 Å². The third-order valence-corrected chi connectivity index (χ3v) is 5.86. The topological polar surface area (TPSA) is 67.8 Å². The van der Waals surface area contributed by atoms with E-state index < -0.39 is 0 Å². The van der Waals surface area contributed by atoms with Crippen LogP contribution in [0.1, 0.15) is 25.7 Å². The predicted molar refractivity (Wildman–Crippen MR) is 90.0 cm³/mol. The van der Waals surface area contributed by atoms with Crippen LogP contribution in [0.3, 0.4) is 0 Å². The number of methoxy groups -OCH3 is 1. The van der Waals surface area contributed by atoms with E-state index in [9.17, 15) is 9.90 Å². The Morgan fingerprint density at radius 2 is 2.17 bits per heavy atom. The molecule has 2 heterocycles. The van der Waals surface area contributed by atoms with E-state index in [2.05, 4.69) is 4.90 Å². The number of hydrogen-bond donors (Lipinski definition) is 1. The van der Waals surface area contributed by atoms with Crippen molar-refractivity contribution in [3.8, 4) is 0 Å². The second kappa shape index (κ2) is 6.02. The lowest BCUT2D eigenvalue weighted by Crippen LogP contribution is -2.52. The fourth-order valence-corrected chi connectivity index (χ4v) is 4.49. The average Bonchev–Trinajstić information content (AvgIpc) is 3.10. The lowest BCUT2D eigenvalue weighted by Gasteiger charge is -2.42. The normalized spacial score (nSPS) is 30.8. The first-order chi connectivity index (χ1) is 11.6. The minimum atomic E-state index is -0.308. The summed E-state index contributed by atoms with van der Waals surface area (Å²) in [6, 6.07) is 7.73. The maximum Gasteiger partial charge on any atom is 0.419 e. The Labute approximate surface area is 140 Å². The maximum absolute atomic E-state index is 12.1.